The Bertz CT molecular complexity index is 910. The van der Waals surface area contributed by atoms with Crippen LogP contribution in [0.2, 0.25) is 0 Å². The maximum atomic E-state index is 13.1. The van der Waals surface area contributed by atoms with E-state index < -0.39 is 5.97 Å². The number of halogens is 1. The van der Waals surface area contributed by atoms with Gasteiger partial charge in [-0.25, -0.2) is 4.39 Å². The van der Waals surface area contributed by atoms with Crippen LogP contribution < -0.4 is 14.4 Å². The maximum Gasteiger partial charge on any atom is 0.306 e. The highest BCUT2D eigenvalue weighted by Gasteiger charge is 2.22. The van der Waals surface area contributed by atoms with Crippen molar-refractivity contribution >= 4 is 17.6 Å². The molecule has 0 saturated carbocycles. The molecule has 2 heterocycles. The van der Waals surface area contributed by atoms with E-state index in [4.69, 9.17) is 14.2 Å². The van der Waals surface area contributed by atoms with Crippen molar-refractivity contribution in [3.8, 4) is 11.5 Å². The predicted molar refractivity (Wildman–Crippen MR) is 107 cm³/mol. The second-order valence-corrected chi connectivity index (χ2v) is 7.19. The number of anilines is 1. The molecule has 0 aliphatic carbocycles. The van der Waals surface area contributed by atoms with E-state index in [2.05, 4.69) is 4.90 Å². The van der Waals surface area contributed by atoms with Gasteiger partial charge in [-0.3, -0.25) is 9.59 Å². The summed E-state index contributed by atoms with van der Waals surface area (Å²) in [5.41, 5.74) is 1.87. The van der Waals surface area contributed by atoms with Crippen LogP contribution in [0.15, 0.2) is 42.5 Å². The Hall–Kier alpha value is -3.29. The lowest BCUT2D eigenvalue weighted by Gasteiger charge is -2.36. The van der Waals surface area contributed by atoms with E-state index in [9.17, 15) is 14.0 Å². The van der Waals surface area contributed by atoms with Crippen molar-refractivity contribution in [2.75, 3.05) is 44.5 Å². The lowest BCUT2D eigenvalue weighted by molar-refractivity contribution is -0.152. The third kappa shape index (κ3) is 4.82. The Labute approximate surface area is 173 Å². The minimum absolute atomic E-state index is 0.186. The molecule has 2 aliphatic heterocycles. The highest BCUT2D eigenvalue weighted by atomic mass is 19.1. The Morgan fingerprint density at radius 2 is 1.70 bits per heavy atom. The monoisotopic (exact) mass is 414 g/mol. The summed E-state index contributed by atoms with van der Waals surface area (Å²) in [5.74, 6) is 0.492. The number of carbonyl (C=O) groups excluding carboxylic acids is 2. The number of esters is 1. The van der Waals surface area contributed by atoms with Crippen molar-refractivity contribution in [2.45, 2.75) is 12.8 Å². The first-order chi connectivity index (χ1) is 14.6. The Balaban J connectivity index is 1.17. The van der Waals surface area contributed by atoms with Gasteiger partial charge >= 0.3 is 5.97 Å². The van der Waals surface area contributed by atoms with E-state index in [1.54, 1.807) is 17.0 Å². The zero-order chi connectivity index (χ0) is 20.9. The quantitative estimate of drug-likeness (QED) is 0.676. The number of aryl methyl sites for hydroxylation is 1. The number of hydrogen-bond acceptors (Lipinski definition) is 6. The Kier molecular flexibility index (Phi) is 6.02. The highest BCUT2D eigenvalue weighted by Crippen LogP contribution is 2.32. The normalized spacial score (nSPS) is 15.2. The third-order valence-corrected chi connectivity index (χ3v) is 5.24. The summed E-state index contributed by atoms with van der Waals surface area (Å²) in [7, 11) is 0. The standard InChI is InChI=1S/C22H23FN2O5/c23-17-3-5-18(6-4-17)24-9-11-25(12-10-24)21(26)14-28-22(27)8-2-16-1-7-19-20(13-16)30-15-29-19/h1,3-7,13H,2,8-12,14-15H2. The van der Waals surface area contributed by atoms with Crippen molar-refractivity contribution in [2.24, 2.45) is 0 Å². The molecule has 158 valence electrons. The van der Waals surface area contributed by atoms with Crippen LogP contribution in [0.1, 0.15) is 12.0 Å². The molecule has 8 heteroatoms. The number of ether oxygens (including phenoxy) is 3. The van der Waals surface area contributed by atoms with Crippen molar-refractivity contribution in [3.05, 3.63) is 53.8 Å². The Morgan fingerprint density at radius 1 is 0.967 bits per heavy atom. The second-order valence-electron chi connectivity index (χ2n) is 7.19. The molecular formula is C22H23FN2O5. The largest absolute Gasteiger partial charge is 0.456 e. The van der Waals surface area contributed by atoms with E-state index in [1.807, 2.05) is 18.2 Å². The van der Waals surface area contributed by atoms with Crippen molar-refractivity contribution in [1.82, 2.24) is 4.90 Å². The number of amides is 1. The molecule has 2 aromatic rings. The summed E-state index contributed by atoms with van der Waals surface area (Å²) in [4.78, 5) is 28.1. The molecule has 1 amide bonds. The van der Waals surface area contributed by atoms with E-state index in [0.717, 1.165) is 11.3 Å². The van der Waals surface area contributed by atoms with Gasteiger partial charge < -0.3 is 24.0 Å². The highest BCUT2D eigenvalue weighted by molar-refractivity contribution is 5.81. The van der Waals surface area contributed by atoms with Crippen LogP contribution in [-0.4, -0.2) is 56.4 Å². The van der Waals surface area contributed by atoms with Crippen LogP contribution in [0.4, 0.5) is 10.1 Å². The van der Waals surface area contributed by atoms with Crippen molar-refractivity contribution < 1.29 is 28.2 Å². The van der Waals surface area contributed by atoms with Gasteiger partial charge in [0, 0.05) is 38.3 Å². The molecule has 0 aromatic heterocycles. The fourth-order valence-electron chi connectivity index (χ4n) is 3.51. The van der Waals surface area contributed by atoms with Crippen LogP contribution in [0.25, 0.3) is 0 Å². The van der Waals surface area contributed by atoms with Gasteiger partial charge in [0.25, 0.3) is 5.91 Å². The number of hydrogen-bond donors (Lipinski definition) is 0. The summed E-state index contributed by atoms with van der Waals surface area (Å²) in [5, 5.41) is 0. The number of benzene rings is 2. The summed E-state index contributed by atoms with van der Waals surface area (Å²) in [6.45, 7) is 2.32. The molecule has 0 spiro atoms. The van der Waals surface area contributed by atoms with E-state index in [0.29, 0.717) is 44.1 Å². The molecule has 1 fully saturated rings. The van der Waals surface area contributed by atoms with E-state index >= 15 is 0 Å². The molecule has 2 aliphatic rings. The van der Waals surface area contributed by atoms with Crippen LogP contribution in [0, 0.1) is 5.82 Å². The van der Waals surface area contributed by atoms with Gasteiger partial charge in [0.05, 0.1) is 0 Å². The molecule has 0 N–H and O–H groups in total. The Morgan fingerprint density at radius 3 is 2.47 bits per heavy atom. The van der Waals surface area contributed by atoms with Gasteiger partial charge in [-0.2, -0.15) is 0 Å². The fourth-order valence-corrected chi connectivity index (χ4v) is 3.51. The molecule has 4 rings (SSSR count). The van der Waals surface area contributed by atoms with Gasteiger partial charge in [-0.1, -0.05) is 6.07 Å². The molecule has 2 aromatic carbocycles. The average Bonchev–Trinajstić information content (AvgIpc) is 3.24. The van der Waals surface area contributed by atoms with Gasteiger partial charge in [0.2, 0.25) is 6.79 Å². The SMILES string of the molecule is O=C(CCc1ccc2c(c1)OCO2)OCC(=O)N1CCN(c2ccc(F)cc2)CC1. The maximum absolute atomic E-state index is 13.1. The zero-order valence-electron chi connectivity index (χ0n) is 16.5. The van der Waals surface area contributed by atoms with E-state index in [1.165, 1.54) is 12.1 Å². The average molecular weight is 414 g/mol. The molecule has 0 unspecified atom stereocenters. The topological polar surface area (TPSA) is 68.3 Å². The van der Waals surface area contributed by atoms with Gasteiger partial charge in [-0.15, -0.1) is 0 Å². The minimum Gasteiger partial charge on any atom is -0.456 e. The third-order valence-electron chi connectivity index (χ3n) is 5.24. The number of rotatable bonds is 6. The lowest BCUT2D eigenvalue weighted by atomic mass is 10.1. The van der Waals surface area contributed by atoms with Gasteiger partial charge in [0.1, 0.15) is 5.82 Å². The molecule has 7 nitrogen and oxygen atoms in total. The van der Waals surface area contributed by atoms with Crippen LogP contribution in [-0.2, 0) is 20.7 Å². The van der Waals surface area contributed by atoms with Gasteiger partial charge in [-0.05, 0) is 48.4 Å². The number of piperazine rings is 1. The number of carbonyl (C=O) groups is 2. The summed E-state index contributed by atoms with van der Waals surface area (Å²) in [6.07, 6.45) is 0.686. The molecule has 0 atom stereocenters. The van der Waals surface area contributed by atoms with Crippen molar-refractivity contribution in [3.63, 3.8) is 0 Å². The smallest absolute Gasteiger partial charge is 0.306 e. The van der Waals surface area contributed by atoms with Gasteiger partial charge in [0.15, 0.2) is 18.1 Å². The first-order valence-corrected chi connectivity index (χ1v) is 9.91. The van der Waals surface area contributed by atoms with Crippen molar-refractivity contribution in [1.29, 1.82) is 0 Å². The lowest BCUT2D eigenvalue weighted by Crippen LogP contribution is -2.49. The number of fused-ring (bicyclic) bond motifs is 1. The second kappa shape index (κ2) is 9.02. The molecular weight excluding hydrogens is 391 g/mol. The first kappa shape index (κ1) is 20.0. The predicted octanol–water partition coefficient (Wildman–Crippen LogP) is 2.38. The van der Waals surface area contributed by atoms with Crippen LogP contribution in [0.5, 0.6) is 11.5 Å². The van der Waals surface area contributed by atoms with Crippen LogP contribution in [0.3, 0.4) is 0 Å². The summed E-state index contributed by atoms with van der Waals surface area (Å²) >= 11 is 0. The minimum atomic E-state index is -0.411. The first-order valence-electron chi connectivity index (χ1n) is 9.91. The number of nitrogens with zero attached hydrogens (tertiary/aromatic N) is 2. The zero-order valence-corrected chi connectivity index (χ0v) is 16.5. The van der Waals surface area contributed by atoms with Crippen LogP contribution >= 0.6 is 0 Å². The summed E-state index contributed by atoms with van der Waals surface area (Å²) in [6, 6.07) is 11.9. The molecule has 0 radical (unpaired) electrons. The molecule has 0 bridgehead atoms. The fraction of sp³-hybridized carbons (Fsp3) is 0.364. The molecule has 30 heavy (non-hydrogen) atoms. The van der Waals surface area contributed by atoms with E-state index in [-0.39, 0.29) is 31.5 Å². The molecule has 1 saturated heterocycles. The summed E-state index contributed by atoms with van der Waals surface area (Å²) < 4.78 is 28.8.